The third kappa shape index (κ3) is 2.16. The number of Topliss-reactive ketones (excluding diaryl/α,β-unsaturated/α-hetero) is 1. The van der Waals surface area contributed by atoms with Crippen LogP contribution >= 0.6 is 0 Å². The molecule has 1 saturated carbocycles. The predicted molar refractivity (Wildman–Crippen MR) is 71.4 cm³/mol. The van der Waals surface area contributed by atoms with Crippen LogP contribution in [0.1, 0.15) is 40.5 Å². The van der Waals surface area contributed by atoms with Gasteiger partial charge >= 0.3 is 0 Å². The third-order valence-corrected chi connectivity index (χ3v) is 5.03. The van der Waals surface area contributed by atoms with E-state index < -0.39 is 29.1 Å². The van der Waals surface area contributed by atoms with Gasteiger partial charge < -0.3 is 15.3 Å². The molecule has 5 atom stereocenters. The lowest BCUT2D eigenvalue weighted by atomic mass is 9.57. The lowest BCUT2D eigenvalue weighted by Crippen LogP contribution is -2.59. The SMILES string of the molecule is CC1=C[C@@]2(CC1=O)[C@H](C)C[C@H](O)[C@@H](C(C)(C)O)[C@H]2O. The molecule has 2 aliphatic rings. The molecule has 4 nitrogen and oxygen atoms in total. The smallest absolute Gasteiger partial charge is 0.159 e. The molecule has 0 unspecified atom stereocenters. The van der Waals surface area contributed by atoms with Gasteiger partial charge in [-0.1, -0.05) is 13.0 Å². The summed E-state index contributed by atoms with van der Waals surface area (Å²) in [4.78, 5) is 11.9. The number of hydrogen-bond acceptors (Lipinski definition) is 4. The lowest BCUT2D eigenvalue weighted by molar-refractivity contribution is -0.175. The second-order valence-electron chi connectivity index (χ2n) is 6.87. The average Bonchev–Trinajstić information content (AvgIpc) is 2.52. The highest BCUT2D eigenvalue weighted by molar-refractivity contribution is 5.98. The number of allylic oxidation sites excluding steroid dienone is 1. The van der Waals surface area contributed by atoms with Gasteiger partial charge in [-0.3, -0.25) is 4.79 Å². The first kappa shape index (κ1) is 14.7. The molecule has 0 aliphatic heterocycles. The normalized spacial score (nSPS) is 43.7. The van der Waals surface area contributed by atoms with Crippen molar-refractivity contribution in [2.75, 3.05) is 0 Å². The van der Waals surface area contributed by atoms with Gasteiger partial charge in [-0.25, -0.2) is 0 Å². The van der Waals surface area contributed by atoms with Gasteiger partial charge in [-0.05, 0) is 38.7 Å². The molecule has 1 fully saturated rings. The lowest BCUT2D eigenvalue weighted by Gasteiger charge is -2.51. The highest BCUT2D eigenvalue weighted by Gasteiger charge is 2.57. The number of carbonyl (C=O) groups excluding carboxylic acids is 1. The number of rotatable bonds is 1. The van der Waals surface area contributed by atoms with Crippen LogP contribution in [0.4, 0.5) is 0 Å². The Hall–Kier alpha value is -0.710. The first-order chi connectivity index (χ1) is 8.59. The van der Waals surface area contributed by atoms with E-state index in [-0.39, 0.29) is 18.1 Å². The molecule has 0 aromatic rings. The Morgan fingerprint density at radius 1 is 1.37 bits per heavy atom. The Kier molecular flexibility index (Phi) is 3.40. The third-order valence-electron chi connectivity index (χ3n) is 5.03. The molecule has 2 rings (SSSR count). The monoisotopic (exact) mass is 268 g/mol. The second-order valence-corrected chi connectivity index (χ2v) is 6.87. The first-order valence-corrected chi connectivity index (χ1v) is 6.91. The van der Waals surface area contributed by atoms with Crippen molar-refractivity contribution in [3.63, 3.8) is 0 Å². The van der Waals surface area contributed by atoms with Crippen LogP contribution in [-0.4, -0.2) is 38.9 Å². The molecule has 4 heteroatoms. The van der Waals surface area contributed by atoms with Crippen molar-refractivity contribution < 1.29 is 20.1 Å². The van der Waals surface area contributed by atoms with Gasteiger partial charge in [0.05, 0.1) is 17.8 Å². The highest BCUT2D eigenvalue weighted by Crippen LogP contribution is 2.53. The van der Waals surface area contributed by atoms with E-state index in [1.54, 1.807) is 20.8 Å². The van der Waals surface area contributed by atoms with E-state index in [1.165, 1.54) is 0 Å². The summed E-state index contributed by atoms with van der Waals surface area (Å²) in [5.41, 5.74) is -1.14. The predicted octanol–water partition coefficient (Wildman–Crippen LogP) is 1.04. The molecule has 2 aliphatic carbocycles. The van der Waals surface area contributed by atoms with Crippen LogP contribution in [0.25, 0.3) is 0 Å². The van der Waals surface area contributed by atoms with Crippen LogP contribution in [0.15, 0.2) is 11.6 Å². The molecule has 0 amide bonds. The van der Waals surface area contributed by atoms with E-state index >= 15 is 0 Å². The van der Waals surface area contributed by atoms with Gasteiger partial charge in [0.2, 0.25) is 0 Å². The highest BCUT2D eigenvalue weighted by atomic mass is 16.3. The number of hydrogen-bond donors (Lipinski definition) is 3. The zero-order valence-electron chi connectivity index (χ0n) is 12.1. The van der Waals surface area contributed by atoms with Crippen LogP contribution in [0, 0.1) is 17.3 Å². The van der Waals surface area contributed by atoms with E-state index in [9.17, 15) is 20.1 Å². The number of carbonyl (C=O) groups is 1. The van der Waals surface area contributed by atoms with E-state index in [0.717, 1.165) is 0 Å². The topological polar surface area (TPSA) is 77.8 Å². The quantitative estimate of drug-likeness (QED) is 0.664. The van der Waals surface area contributed by atoms with Crippen molar-refractivity contribution in [3.8, 4) is 0 Å². The minimum absolute atomic E-state index is 0.0116. The van der Waals surface area contributed by atoms with Crippen molar-refractivity contribution in [1.29, 1.82) is 0 Å². The molecule has 0 bridgehead atoms. The summed E-state index contributed by atoms with van der Waals surface area (Å²) in [6.45, 7) is 6.92. The van der Waals surface area contributed by atoms with Crippen molar-refractivity contribution in [2.24, 2.45) is 17.3 Å². The average molecular weight is 268 g/mol. The largest absolute Gasteiger partial charge is 0.393 e. The fraction of sp³-hybridized carbons (Fsp3) is 0.800. The van der Waals surface area contributed by atoms with Crippen LogP contribution in [0.3, 0.4) is 0 Å². The standard InChI is InChI=1S/C15H24O4/c1-8-6-15(7-11(8)17)9(2)5-10(16)12(13(15)18)14(3,4)19/h6,9-10,12-13,16,18-19H,5,7H2,1-4H3/t9-,10+,12-,13-,15-/m1/s1. The zero-order chi connectivity index (χ0) is 14.6. The molecule has 0 heterocycles. The van der Waals surface area contributed by atoms with Gasteiger partial charge in [0.1, 0.15) is 0 Å². The molecule has 3 N–H and O–H groups in total. The Labute approximate surface area is 114 Å². The summed E-state index contributed by atoms with van der Waals surface area (Å²) in [7, 11) is 0. The summed E-state index contributed by atoms with van der Waals surface area (Å²) in [5.74, 6) is -0.576. The molecular weight excluding hydrogens is 244 g/mol. The van der Waals surface area contributed by atoms with E-state index in [1.807, 2.05) is 13.0 Å². The van der Waals surface area contributed by atoms with E-state index in [4.69, 9.17) is 0 Å². The number of ketones is 1. The number of aliphatic hydroxyl groups excluding tert-OH is 2. The van der Waals surface area contributed by atoms with Crippen LogP contribution in [0.5, 0.6) is 0 Å². The van der Waals surface area contributed by atoms with E-state index in [2.05, 4.69) is 0 Å². The van der Waals surface area contributed by atoms with Crippen LogP contribution in [-0.2, 0) is 4.79 Å². The van der Waals surface area contributed by atoms with Crippen molar-refractivity contribution in [3.05, 3.63) is 11.6 Å². The molecule has 0 radical (unpaired) electrons. The zero-order valence-corrected chi connectivity index (χ0v) is 12.1. The maximum atomic E-state index is 11.9. The van der Waals surface area contributed by atoms with Gasteiger partial charge in [-0.2, -0.15) is 0 Å². The molecule has 0 aromatic heterocycles. The summed E-state index contributed by atoms with van der Waals surface area (Å²) >= 11 is 0. The van der Waals surface area contributed by atoms with Crippen molar-refractivity contribution in [1.82, 2.24) is 0 Å². The van der Waals surface area contributed by atoms with Crippen LogP contribution in [0.2, 0.25) is 0 Å². The summed E-state index contributed by atoms with van der Waals surface area (Å²) < 4.78 is 0. The maximum Gasteiger partial charge on any atom is 0.159 e. The molecule has 0 saturated heterocycles. The summed E-state index contributed by atoms with van der Waals surface area (Å²) in [6, 6.07) is 0. The Balaban J connectivity index is 2.43. The molecule has 0 aromatic carbocycles. The van der Waals surface area contributed by atoms with Crippen LogP contribution < -0.4 is 0 Å². The maximum absolute atomic E-state index is 11.9. The molecular formula is C15H24O4. The number of aliphatic hydroxyl groups is 3. The Morgan fingerprint density at radius 3 is 2.37 bits per heavy atom. The molecule has 19 heavy (non-hydrogen) atoms. The minimum Gasteiger partial charge on any atom is -0.393 e. The van der Waals surface area contributed by atoms with Gasteiger partial charge in [-0.15, -0.1) is 0 Å². The second kappa shape index (κ2) is 4.40. The summed E-state index contributed by atoms with van der Waals surface area (Å²) in [5, 5.41) is 31.1. The van der Waals surface area contributed by atoms with E-state index in [0.29, 0.717) is 12.0 Å². The Bertz CT molecular complexity index is 420. The minimum atomic E-state index is -1.18. The first-order valence-electron chi connectivity index (χ1n) is 6.91. The van der Waals surface area contributed by atoms with Gasteiger partial charge in [0.25, 0.3) is 0 Å². The van der Waals surface area contributed by atoms with Crippen molar-refractivity contribution in [2.45, 2.75) is 58.3 Å². The van der Waals surface area contributed by atoms with Gasteiger partial charge in [0, 0.05) is 17.8 Å². The van der Waals surface area contributed by atoms with Crippen molar-refractivity contribution >= 4 is 5.78 Å². The summed E-state index contributed by atoms with van der Waals surface area (Å²) in [6.07, 6.45) is 0.964. The Morgan fingerprint density at radius 2 is 1.95 bits per heavy atom. The van der Waals surface area contributed by atoms with Gasteiger partial charge in [0.15, 0.2) is 5.78 Å². The molecule has 1 spiro atoms. The fourth-order valence-electron chi connectivity index (χ4n) is 3.88. The molecule has 108 valence electrons. The fourth-order valence-corrected chi connectivity index (χ4v) is 3.88.